The predicted molar refractivity (Wildman–Crippen MR) is 69.2 cm³/mol. The summed E-state index contributed by atoms with van der Waals surface area (Å²) in [5.74, 6) is -0.629. The number of amides is 1. The second-order valence-electron chi connectivity index (χ2n) is 4.44. The Hall–Kier alpha value is -2.57. The molecule has 1 unspecified atom stereocenters. The zero-order valence-electron chi connectivity index (χ0n) is 10.9. The summed E-state index contributed by atoms with van der Waals surface area (Å²) in [6.07, 6.45) is 3.31. The molecule has 0 bridgehead atoms. The van der Waals surface area contributed by atoms with Crippen molar-refractivity contribution in [3.05, 3.63) is 42.1 Å². The Morgan fingerprint density at radius 1 is 1.50 bits per heavy atom. The van der Waals surface area contributed by atoms with Gasteiger partial charge in [0, 0.05) is 18.4 Å². The van der Waals surface area contributed by atoms with Gasteiger partial charge in [-0.3, -0.25) is 14.3 Å². The minimum atomic E-state index is -0.961. The molecule has 7 heteroatoms. The molecule has 1 amide bonds. The molecule has 0 saturated heterocycles. The molecular formula is C13H15N3O4. The third kappa shape index (κ3) is 3.71. The van der Waals surface area contributed by atoms with Crippen LogP contribution in [0.15, 0.2) is 35.0 Å². The first-order valence-electron chi connectivity index (χ1n) is 6.13. The van der Waals surface area contributed by atoms with Crippen LogP contribution in [0.1, 0.15) is 29.7 Å². The molecule has 106 valence electrons. The predicted octanol–water partition coefficient (Wildman–Crippen LogP) is 1.12. The van der Waals surface area contributed by atoms with Crippen molar-refractivity contribution in [3.8, 4) is 0 Å². The molecule has 2 rings (SSSR count). The monoisotopic (exact) mass is 277 g/mol. The molecule has 0 aliphatic rings. The van der Waals surface area contributed by atoms with E-state index in [2.05, 4.69) is 10.4 Å². The highest BCUT2D eigenvalue weighted by molar-refractivity contribution is 5.91. The molecule has 2 N–H and O–H groups in total. The van der Waals surface area contributed by atoms with Gasteiger partial charge in [-0.2, -0.15) is 5.10 Å². The van der Waals surface area contributed by atoms with E-state index in [1.54, 1.807) is 42.2 Å². The first kappa shape index (κ1) is 13.9. The smallest absolute Gasteiger partial charge is 0.305 e. The number of aliphatic carboxylic acids is 1. The average Bonchev–Trinajstić information content (AvgIpc) is 2.99. The Kier molecular flexibility index (Phi) is 4.19. The highest BCUT2D eigenvalue weighted by Gasteiger charge is 2.15. The van der Waals surface area contributed by atoms with Crippen molar-refractivity contribution in [2.45, 2.75) is 25.9 Å². The van der Waals surface area contributed by atoms with Crippen LogP contribution >= 0.6 is 0 Å². The number of carboxylic acids is 1. The summed E-state index contributed by atoms with van der Waals surface area (Å²) in [6.45, 7) is 2.06. The molecule has 0 aliphatic carbocycles. The van der Waals surface area contributed by atoms with Gasteiger partial charge in [-0.1, -0.05) is 0 Å². The molecule has 0 radical (unpaired) electrons. The fourth-order valence-corrected chi connectivity index (χ4v) is 1.75. The molecule has 0 aliphatic heterocycles. The molecule has 2 heterocycles. The number of hydrogen-bond acceptors (Lipinski definition) is 4. The van der Waals surface area contributed by atoms with Crippen molar-refractivity contribution in [1.29, 1.82) is 0 Å². The van der Waals surface area contributed by atoms with Crippen molar-refractivity contribution in [2.24, 2.45) is 0 Å². The van der Waals surface area contributed by atoms with Crippen LogP contribution in [0, 0.1) is 0 Å². The maximum atomic E-state index is 11.8. The van der Waals surface area contributed by atoms with Crippen LogP contribution in [0.5, 0.6) is 0 Å². The van der Waals surface area contributed by atoms with E-state index in [0.29, 0.717) is 12.3 Å². The van der Waals surface area contributed by atoms with E-state index in [4.69, 9.17) is 9.52 Å². The highest BCUT2D eigenvalue weighted by atomic mass is 16.4. The van der Waals surface area contributed by atoms with Crippen molar-refractivity contribution >= 4 is 11.9 Å². The van der Waals surface area contributed by atoms with Crippen LogP contribution in [0.25, 0.3) is 0 Å². The molecule has 20 heavy (non-hydrogen) atoms. The zero-order chi connectivity index (χ0) is 14.5. The van der Waals surface area contributed by atoms with Crippen LogP contribution in [-0.2, 0) is 11.3 Å². The molecule has 0 fully saturated rings. The molecule has 7 nitrogen and oxygen atoms in total. The Bertz CT molecular complexity index is 589. The first-order valence-corrected chi connectivity index (χ1v) is 6.13. The zero-order valence-corrected chi connectivity index (χ0v) is 10.9. The largest absolute Gasteiger partial charge is 0.481 e. The minimum absolute atomic E-state index is 0.132. The lowest BCUT2D eigenvalue weighted by molar-refractivity contribution is -0.137. The van der Waals surface area contributed by atoms with Crippen LogP contribution in [0.4, 0.5) is 0 Å². The van der Waals surface area contributed by atoms with Gasteiger partial charge in [-0.15, -0.1) is 0 Å². The minimum Gasteiger partial charge on any atom is -0.481 e. The Morgan fingerprint density at radius 3 is 2.95 bits per heavy atom. The van der Waals surface area contributed by atoms with E-state index in [1.165, 1.54) is 0 Å². The van der Waals surface area contributed by atoms with Gasteiger partial charge in [0.15, 0.2) is 5.76 Å². The van der Waals surface area contributed by atoms with E-state index in [1.807, 2.05) is 0 Å². The number of aromatic nitrogens is 2. The number of nitrogens with zero attached hydrogens (tertiary/aromatic N) is 2. The van der Waals surface area contributed by atoms with E-state index in [9.17, 15) is 9.59 Å². The van der Waals surface area contributed by atoms with Gasteiger partial charge < -0.3 is 14.8 Å². The van der Waals surface area contributed by atoms with E-state index in [-0.39, 0.29) is 12.2 Å². The quantitative estimate of drug-likeness (QED) is 0.824. The maximum Gasteiger partial charge on any atom is 0.305 e. The summed E-state index contributed by atoms with van der Waals surface area (Å²) >= 11 is 0. The van der Waals surface area contributed by atoms with Crippen LogP contribution < -0.4 is 5.32 Å². The average molecular weight is 277 g/mol. The van der Waals surface area contributed by atoms with Gasteiger partial charge in [0.05, 0.1) is 13.0 Å². The van der Waals surface area contributed by atoms with Crippen molar-refractivity contribution in [3.63, 3.8) is 0 Å². The van der Waals surface area contributed by atoms with Gasteiger partial charge in [0.2, 0.25) is 0 Å². The number of carbonyl (C=O) groups excluding carboxylic acids is 1. The van der Waals surface area contributed by atoms with Crippen molar-refractivity contribution in [1.82, 2.24) is 15.1 Å². The second kappa shape index (κ2) is 6.05. The summed E-state index contributed by atoms with van der Waals surface area (Å²) < 4.78 is 7.08. The van der Waals surface area contributed by atoms with E-state index in [0.717, 1.165) is 0 Å². The van der Waals surface area contributed by atoms with Gasteiger partial charge in [0.25, 0.3) is 5.91 Å². The third-order valence-electron chi connectivity index (χ3n) is 2.62. The summed E-state index contributed by atoms with van der Waals surface area (Å²) in [4.78, 5) is 22.4. The summed E-state index contributed by atoms with van der Waals surface area (Å²) in [6, 6.07) is 4.59. The number of rotatable bonds is 6. The maximum absolute atomic E-state index is 11.8. The van der Waals surface area contributed by atoms with Crippen molar-refractivity contribution < 1.29 is 19.1 Å². The molecule has 1 atom stereocenters. The van der Waals surface area contributed by atoms with Crippen molar-refractivity contribution in [2.75, 3.05) is 0 Å². The standard InChI is InChI=1S/C13H15N3O4/c1-9(7-12(17)18)15-13(19)11-4-3-10(20-11)8-16-6-2-5-14-16/h2-6,9H,7-8H2,1H3,(H,15,19)(H,17,18). The molecular weight excluding hydrogens is 262 g/mol. The lowest BCUT2D eigenvalue weighted by atomic mass is 10.2. The normalized spacial score (nSPS) is 12.1. The lowest BCUT2D eigenvalue weighted by Crippen LogP contribution is -2.33. The molecule has 2 aromatic rings. The number of carbonyl (C=O) groups is 2. The third-order valence-corrected chi connectivity index (χ3v) is 2.62. The fourth-order valence-electron chi connectivity index (χ4n) is 1.75. The Morgan fingerprint density at radius 2 is 2.30 bits per heavy atom. The van der Waals surface area contributed by atoms with Crippen LogP contribution in [-0.4, -0.2) is 32.8 Å². The summed E-state index contributed by atoms with van der Waals surface area (Å²) in [5.41, 5.74) is 0. The molecule has 0 saturated carbocycles. The SMILES string of the molecule is CC(CC(=O)O)NC(=O)c1ccc(Cn2cccn2)o1. The topological polar surface area (TPSA) is 97.4 Å². The molecule has 0 spiro atoms. The highest BCUT2D eigenvalue weighted by Crippen LogP contribution is 2.09. The van der Waals surface area contributed by atoms with Crippen LogP contribution in [0.2, 0.25) is 0 Å². The van der Waals surface area contributed by atoms with Gasteiger partial charge in [0.1, 0.15) is 5.76 Å². The number of carboxylic acid groups (broad SMARTS) is 1. The van der Waals surface area contributed by atoms with Gasteiger partial charge in [-0.25, -0.2) is 0 Å². The number of hydrogen-bond donors (Lipinski definition) is 2. The first-order chi connectivity index (χ1) is 9.54. The van der Waals surface area contributed by atoms with Gasteiger partial charge >= 0.3 is 5.97 Å². The summed E-state index contributed by atoms with van der Waals surface area (Å²) in [7, 11) is 0. The number of nitrogens with one attached hydrogen (secondary N) is 1. The second-order valence-corrected chi connectivity index (χ2v) is 4.44. The Labute approximate surface area is 115 Å². The van der Waals surface area contributed by atoms with E-state index < -0.39 is 17.9 Å². The molecule has 2 aromatic heterocycles. The lowest BCUT2D eigenvalue weighted by Gasteiger charge is -2.09. The van der Waals surface area contributed by atoms with Gasteiger partial charge in [-0.05, 0) is 25.1 Å². The summed E-state index contributed by atoms with van der Waals surface area (Å²) in [5, 5.41) is 15.2. The van der Waals surface area contributed by atoms with E-state index >= 15 is 0 Å². The Balaban J connectivity index is 1.94. The fraction of sp³-hybridized carbons (Fsp3) is 0.308. The molecule has 0 aromatic carbocycles. The number of furan rings is 1. The van der Waals surface area contributed by atoms with Crippen LogP contribution in [0.3, 0.4) is 0 Å².